The van der Waals surface area contributed by atoms with E-state index in [-0.39, 0.29) is 13.0 Å². The van der Waals surface area contributed by atoms with Crippen LogP contribution in [-0.4, -0.2) is 31.0 Å². The van der Waals surface area contributed by atoms with Gasteiger partial charge in [-0.1, -0.05) is 30.3 Å². The highest BCUT2D eigenvalue weighted by Crippen LogP contribution is 2.11. The van der Waals surface area contributed by atoms with Crippen LogP contribution in [0.25, 0.3) is 0 Å². The highest BCUT2D eigenvalue weighted by Gasteiger charge is 2.36. The van der Waals surface area contributed by atoms with Crippen molar-refractivity contribution in [3.8, 4) is 0 Å². The Morgan fingerprint density at radius 2 is 1.95 bits per heavy atom. The summed E-state index contributed by atoms with van der Waals surface area (Å²) in [6, 6.07) is 9.10. The van der Waals surface area contributed by atoms with Gasteiger partial charge < -0.3 is 19.6 Å². The van der Waals surface area contributed by atoms with E-state index in [0.29, 0.717) is 6.29 Å². The zero-order chi connectivity index (χ0) is 15.0. The lowest BCUT2D eigenvalue weighted by Crippen LogP contribution is -2.53. The lowest BCUT2D eigenvalue weighted by Gasteiger charge is -2.25. The van der Waals surface area contributed by atoms with Crippen LogP contribution in [0.4, 0.5) is 4.79 Å². The molecule has 1 aromatic carbocycles. The number of ether oxygens (including phenoxy) is 2. The van der Waals surface area contributed by atoms with Gasteiger partial charge in [-0.3, -0.25) is 0 Å². The second-order valence-corrected chi connectivity index (χ2v) is 4.38. The zero-order valence-electron chi connectivity index (χ0n) is 11.4. The molecule has 0 aromatic heterocycles. The van der Waals surface area contributed by atoms with E-state index in [4.69, 9.17) is 4.74 Å². The van der Waals surface area contributed by atoms with Crippen molar-refractivity contribution >= 4 is 18.3 Å². The van der Waals surface area contributed by atoms with Crippen LogP contribution < -0.4 is 5.32 Å². The van der Waals surface area contributed by atoms with Crippen LogP contribution in [-0.2, 0) is 25.7 Å². The van der Waals surface area contributed by atoms with Crippen LogP contribution in [0.3, 0.4) is 0 Å². The number of benzene rings is 1. The van der Waals surface area contributed by atoms with E-state index in [9.17, 15) is 14.4 Å². The van der Waals surface area contributed by atoms with Gasteiger partial charge in [0, 0.05) is 6.42 Å². The molecule has 6 nitrogen and oxygen atoms in total. The normalized spacial score (nSPS) is 12.9. The van der Waals surface area contributed by atoms with Crippen molar-refractivity contribution in [1.29, 1.82) is 0 Å². The number of amides is 1. The molecule has 1 atom stereocenters. The van der Waals surface area contributed by atoms with E-state index in [0.717, 1.165) is 5.56 Å². The van der Waals surface area contributed by atoms with Crippen molar-refractivity contribution < 1.29 is 23.9 Å². The van der Waals surface area contributed by atoms with Gasteiger partial charge in [-0.25, -0.2) is 9.59 Å². The minimum Gasteiger partial charge on any atom is -0.467 e. The third-order valence-corrected chi connectivity index (χ3v) is 2.72. The molecule has 0 bridgehead atoms. The minimum atomic E-state index is -1.43. The molecule has 0 fully saturated rings. The summed E-state index contributed by atoms with van der Waals surface area (Å²) in [5.41, 5.74) is -0.609. The summed E-state index contributed by atoms with van der Waals surface area (Å²) in [6.45, 7) is 1.47. The first-order valence-corrected chi connectivity index (χ1v) is 6.03. The number of rotatable bonds is 6. The highest BCUT2D eigenvalue weighted by atomic mass is 16.6. The van der Waals surface area contributed by atoms with Crippen molar-refractivity contribution in [3.63, 3.8) is 0 Å². The van der Waals surface area contributed by atoms with E-state index < -0.39 is 17.6 Å². The summed E-state index contributed by atoms with van der Waals surface area (Å²) in [6.07, 6.45) is -0.447. The molecule has 6 heteroatoms. The fraction of sp³-hybridized carbons (Fsp3) is 0.357. The summed E-state index contributed by atoms with van der Waals surface area (Å²) >= 11 is 0. The molecule has 0 aliphatic heterocycles. The first-order valence-electron chi connectivity index (χ1n) is 6.03. The molecule has 0 aliphatic carbocycles. The van der Waals surface area contributed by atoms with Crippen LogP contribution in [0.5, 0.6) is 0 Å². The van der Waals surface area contributed by atoms with Gasteiger partial charge in [0.05, 0.1) is 7.11 Å². The van der Waals surface area contributed by atoms with Crippen molar-refractivity contribution in [2.45, 2.75) is 25.5 Å². The van der Waals surface area contributed by atoms with E-state index in [2.05, 4.69) is 10.1 Å². The first kappa shape index (κ1) is 15.7. The third kappa shape index (κ3) is 4.38. The number of methoxy groups -OCH3 is 1. The van der Waals surface area contributed by atoms with E-state index >= 15 is 0 Å². The van der Waals surface area contributed by atoms with Crippen LogP contribution in [0.15, 0.2) is 30.3 Å². The Bertz CT molecular complexity index is 474. The first-order chi connectivity index (χ1) is 9.51. The molecule has 0 radical (unpaired) electrons. The number of hydrogen-bond acceptors (Lipinski definition) is 5. The molecule has 20 heavy (non-hydrogen) atoms. The molecule has 1 aromatic rings. The highest BCUT2D eigenvalue weighted by molar-refractivity contribution is 5.87. The number of hydrogen-bond donors (Lipinski definition) is 1. The van der Waals surface area contributed by atoms with Gasteiger partial charge >= 0.3 is 12.1 Å². The van der Waals surface area contributed by atoms with Gasteiger partial charge in [-0.2, -0.15) is 0 Å². The summed E-state index contributed by atoms with van der Waals surface area (Å²) in [7, 11) is 1.18. The maximum absolute atomic E-state index is 11.7. The Labute approximate surface area is 117 Å². The summed E-state index contributed by atoms with van der Waals surface area (Å²) < 4.78 is 9.55. The predicted octanol–water partition coefficient (Wildman–Crippen LogP) is 1.43. The van der Waals surface area contributed by atoms with Crippen LogP contribution in [0.1, 0.15) is 18.9 Å². The molecule has 108 valence electrons. The molecule has 0 spiro atoms. The van der Waals surface area contributed by atoms with Gasteiger partial charge in [-0.05, 0) is 12.5 Å². The Kier molecular flexibility index (Phi) is 5.71. The summed E-state index contributed by atoms with van der Waals surface area (Å²) in [5.74, 6) is -0.707. The number of alkyl carbamates (subject to hydrolysis) is 1. The zero-order valence-corrected chi connectivity index (χ0v) is 11.4. The second kappa shape index (κ2) is 7.28. The smallest absolute Gasteiger partial charge is 0.408 e. The average molecular weight is 279 g/mol. The van der Waals surface area contributed by atoms with Crippen LogP contribution in [0.2, 0.25) is 0 Å². The van der Waals surface area contributed by atoms with Crippen molar-refractivity contribution in [2.75, 3.05) is 7.11 Å². The third-order valence-electron chi connectivity index (χ3n) is 2.72. The SMILES string of the molecule is COC(=O)[C@](C)(CC=O)NC(=O)OCc1ccccc1. The maximum atomic E-state index is 11.7. The largest absolute Gasteiger partial charge is 0.467 e. The van der Waals surface area contributed by atoms with Crippen LogP contribution in [0, 0.1) is 0 Å². The predicted molar refractivity (Wildman–Crippen MR) is 70.9 cm³/mol. The number of carbonyl (C=O) groups is 3. The lowest BCUT2D eigenvalue weighted by molar-refractivity contribution is -0.148. The lowest BCUT2D eigenvalue weighted by atomic mass is 9.99. The Morgan fingerprint density at radius 1 is 1.30 bits per heavy atom. The molecule has 1 N–H and O–H groups in total. The monoisotopic (exact) mass is 279 g/mol. The van der Waals surface area contributed by atoms with Gasteiger partial charge in [0.25, 0.3) is 0 Å². The number of nitrogens with one attached hydrogen (secondary N) is 1. The molecule has 0 unspecified atom stereocenters. The summed E-state index contributed by atoms with van der Waals surface area (Å²) in [5, 5.41) is 2.35. The van der Waals surface area contributed by atoms with E-state index in [1.54, 1.807) is 12.1 Å². The van der Waals surface area contributed by atoms with Gasteiger partial charge in [0.2, 0.25) is 0 Å². The Balaban J connectivity index is 2.58. The number of aldehydes is 1. The molecular formula is C14H17NO5. The molecule has 0 heterocycles. The van der Waals surface area contributed by atoms with Crippen molar-refractivity contribution in [2.24, 2.45) is 0 Å². The topological polar surface area (TPSA) is 81.7 Å². The minimum absolute atomic E-state index is 0.0744. The Morgan fingerprint density at radius 3 is 2.50 bits per heavy atom. The molecule has 0 aliphatic rings. The molecular weight excluding hydrogens is 262 g/mol. The maximum Gasteiger partial charge on any atom is 0.408 e. The molecule has 1 rings (SSSR count). The second-order valence-electron chi connectivity index (χ2n) is 4.38. The van der Waals surface area contributed by atoms with Gasteiger partial charge in [0.1, 0.15) is 18.4 Å². The van der Waals surface area contributed by atoms with Crippen LogP contribution >= 0.6 is 0 Å². The molecule has 1 amide bonds. The fourth-order valence-electron chi connectivity index (χ4n) is 1.56. The van der Waals surface area contributed by atoms with Gasteiger partial charge in [0.15, 0.2) is 0 Å². The van der Waals surface area contributed by atoms with E-state index in [1.165, 1.54) is 14.0 Å². The number of carbonyl (C=O) groups excluding carboxylic acids is 3. The number of esters is 1. The van der Waals surface area contributed by atoms with Crippen molar-refractivity contribution in [3.05, 3.63) is 35.9 Å². The quantitative estimate of drug-likeness (QED) is 0.629. The van der Waals surface area contributed by atoms with E-state index in [1.807, 2.05) is 18.2 Å². The Hall–Kier alpha value is -2.37. The molecule has 0 saturated carbocycles. The standard InChI is InChI=1S/C14H17NO5/c1-14(8-9-16,12(17)19-2)15-13(18)20-10-11-6-4-3-5-7-11/h3-7,9H,8,10H2,1-2H3,(H,15,18)/t14-/m0/s1. The molecule has 0 saturated heterocycles. The van der Waals surface area contributed by atoms with Gasteiger partial charge in [-0.15, -0.1) is 0 Å². The summed E-state index contributed by atoms with van der Waals surface area (Å²) in [4.78, 5) is 33.9. The van der Waals surface area contributed by atoms with Crippen molar-refractivity contribution in [1.82, 2.24) is 5.32 Å². The average Bonchev–Trinajstić information content (AvgIpc) is 2.45. The fourth-order valence-corrected chi connectivity index (χ4v) is 1.56.